The van der Waals surface area contributed by atoms with Gasteiger partial charge in [0, 0.05) is 54.6 Å². The summed E-state index contributed by atoms with van der Waals surface area (Å²) in [5.41, 5.74) is 6.16. The summed E-state index contributed by atoms with van der Waals surface area (Å²) in [4.78, 5) is 42.6. The van der Waals surface area contributed by atoms with E-state index in [9.17, 15) is 32.7 Å². The number of carbonyl (C=O) groups is 3. The van der Waals surface area contributed by atoms with Crippen molar-refractivity contribution < 1.29 is 51.6 Å². The highest BCUT2D eigenvalue weighted by Gasteiger charge is 2.33. The fourth-order valence-electron chi connectivity index (χ4n) is 9.31. The number of aromatic nitrogens is 1. The Bertz CT molecular complexity index is 2790. The minimum atomic E-state index is -4.44. The molecule has 0 saturated carbocycles. The molecule has 16 nitrogen and oxygen atoms in total. The third kappa shape index (κ3) is 15.8. The van der Waals surface area contributed by atoms with Gasteiger partial charge in [0.05, 0.1) is 63.0 Å². The molecule has 2 atom stereocenters. The fourth-order valence-corrected chi connectivity index (χ4v) is 9.31. The van der Waals surface area contributed by atoms with Gasteiger partial charge in [0.2, 0.25) is 11.8 Å². The van der Waals surface area contributed by atoms with Crippen LogP contribution in [-0.4, -0.2) is 137 Å². The molecule has 0 radical (unpaired) electrons. The zero-order valence-corrected chi connectivity index (χ0v) is 43.3. The van der Waals surface area contributed by atoms with Crippen molar-refractivity contribution in [1.29, 1.82) is 0 Å². The molecule has 0 spiro atoms. The van der Waals surface area contributed by atoms with E-state index < -0.39 is 18.8 Å². The van der Waals surface area contributed by atoms with Gasteiger partial charge >= 0.3 is 6.18 Å². The van der Waals surface area contributed by atoms with Crippen LogP contribution in [0.2, 0.25) is 0 Å². The Balaban J connectivity index is 0.782. The normalized spacial score (nSPS) is 16.3. The van der Waals surface area contributed by atoms with Crippen molar-refractivity contribution in [3.05, 3.63) is 113 Å². The number of hydrogen-bond acceptors (Lipinski definition) is 12. The Morgan fingerprint density at radius 2 is 1.67 bits per heavy atom. The van der Waals surface area contributed by atoms with Gasteiger partial charge in [0.15, 0.2) is 0 Å². The number of piperidine rings is 1. The minimum Gasteiger partial charge on any atom is -0.495 e. The van der Waals surface area contributed by atoms with Crippen molar-refractivity contribution in [2.75, 3.05) is 96.0 Å². The van der Waals surface area contributed by atoms with Crippen LogP contribution in [0.25, 0.3) is 10.9 Å². The molecule has 6 N–H and O–H groups in total. The molecular formula is C56H69F3N8O8. The van der Waals surface area contributed by atoms with Crippen LogP contribution in [0.5, 0.6) is 11.5 Å². The number of carbonyl (C=O) groups excluding carboxylic acids is 3. The third-order valence-electron chi connectivity index (χ3n) is 13.3. The van der Waals surface area contributed by atoms with Gasteiger partial charge in [-0.05, 0) is 110 Å². The quantitative estimate of drug-likeness (QED) is 0.0336. The Hall–Kier alpha value is -6.98. The van der Waals surface area contributed by atoms with Crippen LogP contribution >= 0.6 is 0 Å². The SMILES string of the molecule is COc1cc(C(=O)NCCOCCOCC(=O)NCc2ccc(COc3ccc4c(c3)N(C)[C@@H](C(C)C)C(=O)N[C@H](CO)C4)cc2)ccc1NCC#Cc1cc2c(NC3CCN(C)CC3)cccc2n1CC(F)(F)F. The topological polar surface area (TPSA) is 180 Å². The maximum atomic E-state index is 13.8. The van der Waals surface area contributed by atoms with Crippen LogP contribution in [0.1, 0.15) is 59.4 Å². The standard InChI is InChI=1S/C56H69F3N8O8/c1-37(2)53-55(71)64-43(33-68)28-40-15-17-45(31-50(40)66(53)4)75-34-39-13-11-38(12-14-39)32-62-52(69)35-74-27-26-73-25-22-61-54(70)41-16-18-48(51(29-41)72-5)60-21-7-8-44-30-46-47(63-42-19-23-65(3)24-20-42)9-6-10-49(46)67(44)36-56(57,58)59/h6,9-18,29-31,37,42-43,53,60,63,68H,19-28,32-36H2,1-5H3,(H,61,70)(H,62,69)(H,64,71)/t43-,53-/m0/s1. The van der Waals surface area contributed by atoms with Crippen molar-refractivity contribution in [3.8, 4) is 23.3 Å². The predicted molar refractivity (Wildman–Crippen MR) is 283 cm³/mol. The maximum Gasteiger partial charge on any atom is 0.406 e. The molecule has 0 aliphatic carbocycles. The highest BCUT2D eigenvalue weighted by Crippen LogP contribution is 2.33. The van der Waals surface area contributed by atoms with Crippen molar-refractivity contribution in [3.63, 3.8) is 0 Å². The number of methoxy groups -OCH3 is 1. The molecule has 19 heteroatoms. The number of nitrogens with one attached hydrogen (secondary N) is 5. The molecular weight excluding hydrogens is 970 g/mol. The number of likely N-dealkylation sites (tertiary alicyclic amines) is 1. The van der Waals surface area contributed by atoms with Gasteiger partial charge in [-0.25, -0.2) is 0 Å². The highest BCUT2D eigenvalue weighted by molar-refractivity contribution is 5.95. The number of likely N-dealkylation sites (N-methyl/N-ethyl adjacent to an activating group) is 1. The monoisotopic (exact) mass is 1040 g/mol. The average Bonchev–Trinajstić information content (AvgIpc) is 3.73. The summed E-state index contributed by atoms with van der Waals surface area (Å²) >= 11 is 0. The number of amides is 3. The van der Waals surface area contributed by atoms with Gasteiger partial charge in [0.25, 0.3) is 5.91 Å². The van der Waals surface area contributed by atoms with Crippen LogP contribution in [-0.2, 0) is 45.2 Å². The summed E-state index contributed by atoms with van der Waals surface area (Å²) in [6.07, 6.45) is -2.05. The molecule has 2 aliphatic rings. The minimum absolute atomic E-state index is 0.0459. The number of benzene rings is 4. The summed E-state index contributed by atoms with van der Waals surface area (Å²) in [6, 6.07) is 25.0. The van der Waals surface area contributed by atoms with E-state index in [0.29, 0.717) is 53.2 Å². The zero-order chi connectivity index (χ0) is 53.5. The second-order valence-corrected chi connectivity index (χ2v) is 19.2. The lowest BCUT2D eigenvalue weighted by molar-refractivity contribution is -0.140. The Labute approximate surface area is 436 Å². The van der Waals surface area contributed by atoms with E-state index >= 15 is 0 Å². The van der Waals surface area contributed by atoms with E-state index in [1.807, 2.05) is 74.3 Å². The molecule has 0 unspecified atom stereocenters. The first kappa shape index (κ1) is 55.8. The van der Waals surface area contributed by atoms with Gasteiger partial charge in [-0.2, -0.15) is 13.2 Å². The van der Waals surface area contributed by atoms with Crippen molar-refractivity contribution in [2.45, 2.75) is 77.1 Å². The number of fused-ring (bicyclic) bond motifs is 2. The van der Waals surface area contributed by atoms with Gasteiger partial charge in [-0.1, -0.05) is 56.2 Å². The zero-order valence-electron chi connectivity index (χ0n) is 43.3. The molecule has 7 rings (SSSR count). The molecule has 1 saturated heterocycles. The number of alkyl halides is 3. The molecule has 1 aromatic heterocycles. The lowest BCUT2D eigenvalue weighted by Crippen LogP contribution is -2.54. The van der Waals surface area contributed by atoms with Crippen molar-refractivity contribution in [2.24, 2.45) is 5.92 Å². The first-order valence-electron chi connectivity index (χ1n) is 25.3. The van der Waals surface area contributed by atoms with E-state index in [0.717, 1.165) is 54.0 Å². The number of aliphatic hydroxyl groups excluding tert-OH is 1. The largest absolute Gasteiger partial charge is 0.495 e. The van der Waals surface area contributed by atoms with Gasteiger partial charge < -0.3 is 65.0 Å². The molecule has 1 fully saturated rings. The van der Waals surface area contributed by atoms with Crippen LogP contribution in [0.4, 0.5) is 30.2 Å². The van der Waals surface area contributed by atoms with Crippen LogP contribution in [0.3, 0.4) is 0 Å². The predicted octanol–water partition coefficient (Wildman–Crippen LogP) is 6.33. The highest BCUT2D eigenvalue weighted by atomic mass is 19.4. The Morgan fingerprint density at radius 3 is 2.40 bits per heavy atom. The van der Waals surface area contributed by atoms with E-state index in [1.165, 1.54) is 11.7 Å². The molecule has 3 heterocycles. The molecule has 2 aliphatic heterocycles. The van der Waals surface area contributed by atoms with Crippen molar-refractivity contribution in [1.82, 2.24) is 25.4 Å². The van der Waals surface area contributed by atoms with E-state index in [1.54, 1.807) is 36.4 Å². The number of ether oxygens (including phenoxy) is 4. The van der Waals surface area contributed by atoms with Crippen LogP contribution < -0.4 is 41.0 Å². The average molecular weight is 1040 g/mol. The summed E-state index contributed by atoms with van der Waals surface area (Å²) in [7, 11) is 5.46. The summed E-state index contributed by atoms with van der Waals surface area (Å²) in [5.74, 6) is 6.26. The molecule has 0 bridgehead atoms. The van der Waals surface area contributed by atoms with Gasteiger partial charge in [-0.15, -0.1) is 0 Å². The summed E-state index contributed by atoms with van der Waals surface area (Å²) in [5, 5.41) is 25.9. The molecule has 4 aromatic carbocycles. The number of anilines is 3. The van der Waals surface area contributed by atoms with Crippen molar-refractivity contribution >= 4 is 45.7 Å². The second-order valence-electron chi connectivity index (χ2n) is 19.2. The smallest absolute Gasteiger partial charge is 0.406 e. The lowest BCUT2D eigenvalue weighted by Gasteiger charge is -2.37. The van der Waals surface area contributed by atoms with Crippen LogP contribution in [0.15, 0.2) is 84.9 Å². The molecule has 402 valence electrons. The first-order valence-corrected chi connectivity index (χ1v) is 25.3. The van der Waals surface area contributed by atoms with E-state index in [2.05, 4.69) is 50.4 Å². The molecule has 5 aromatic rings. The molecule has 75 heavy (non-hydrogen) atoms. The Kier molecular flexibility index (Phi) is 19.7. The molecule has 3 amide bonds. The number of rotatable bonds is 22. The number of halogens is 3. The fraction of sp³-hybridized carbons (Fsp3) is 0.446. The maximum absolute atomic E-state index is 13.8. The van der Waals surface area contributed by atoms with E-state index in [4.69, 9.17) is 18.9 Å². The number of aliphatic hydroxyl groups is 1. The van der Waals surface area contributed by atoms with E-state index in [-0.39, 0.29) is 87.5 Å². The van der Waals surface area contributed by atoms with Gasteiger partial charge in [-0.3, -0.25) is 14.4 Å². The number of hydrogen-bond donors (Lipinski definition) is 6. The van der Waals surface area contributed by atoms with Crippen LogP contribution in [0, 0.1) is 17.8 Å². The first-order chi connectivity index (χ1) is 36.1. The Morgan fingerprint density at radius 1 is 0.907 bits per heavy atom. The summed E-state index contributed by atoms with van der Waals surface area (Å²) < 4.78 is 65.3. The second kappa shape index (κ2) is 26.5. The van der Waals surface area contributed by atoms with Gasteiger partial charge in [0.1, 0.15) is 37.3 Å². The summed E-state index contributed by atoms with van der Waals surface area (Å²) in [6.45, 7) is 6.01. The number of nitrogens with zero attached hydrogens (tertiary/aromatic N) is 3. The third-order valence-corrected chi connectivity index (χ3v) is 13.3. The lowest BCUT2D eigenvalue weighted by atomic mass is 9.95.